The summed E-state index contributed by atoms with van der Waals surface area (Å²) in [5, 5.41) is 0.662. The summed E-state index contributed by atoms with van der Waals surface area (Å²) in [5.41, 5.74) is 0.689. The number of para-hydroxylation sites is 1. The van der Waals surface area contributed by atoms with Gasteiger partial charge in [0.25, 0.3) is 0 Å². The van der Waals surface area contributed by atoms with Crippen molar-refractivity contribution in [1.82, 2.24) is 15.0 Å². The zero-order valence-electron chi connectivity index (χ0n) is 13.8. The molecule has 0 saturated heterocycles. The lowest BCUT2D eigenvalue weighted by atomic mass is 10.2. The molecule has 27 heavy (non-hydrogen) atoms. The number of hydrogen-bond donors (Lipinski definition) is 0. The monoisotopic (exact) mass is 367 g/mol. The van der Waals surface area contributed by atoms with E-state index in [1.165, 1.54) is 12.1 Å². The van der Waals surface area contributed by atoms with Crippen molar-refractivity contribution >= 4 is 10.9 Å². The Bertz CT molecular complexity index is 1080. The Morgan fingerprint density at radius 2 is 1.48 bits per heavy atom. The minimum Gasteiger partial charge on any atom is -0.438 e. The van der Waals surface area contributed by atoms with E-state index < -0.39 is 11.7 Å². The standard InChI is InChI=1S/C20H12F3N3O/c21-20(22,23)14-5-7-15(8-6-14)27-19-16-3-1-2-4-17(16)25-18(26-19)13-9-11-24-12-10-13/h1-12H. The number of alkyl halides is 3. The van der Waals surface area contributed by atoms with Crippen molar-refractivity contribution in [2.75, 3.05) is 0 Å². The Hall–Kier alpha value is -3.48. The summed E-state index contributed by atoms with van der Waals surface area (Å²) in [4.78, 5) is 13.0. The maximum atomic E-state index is 12.7. The quantitative estimate of drug-likeness (QED) is 0.479. The van der Waals surface area contributed by atoms with Gasteiger partial charge in [0.05, 0.1) is 16.5 Å². The second kappa shape index (κ2) is 6.68. The molecule has 0 bridgehead atoms. The fourth-order valence-electron chi connectivity index (χ4n) is 2.58. The van der Waals surface area contributed by atoms with E-state index in [1.807, 2.05) is 18.2 Å². The third-order valence-electron chi connectivity index (χ3n) is 3.90. The summed E-state index contributed by atoms with van der Waals surface area (Å²) in [6.07, 6.45) is -1.14. The summed E-state index contributed by atoms with van der Waals surface area (Å²) >= 11 is 0. The molecule has 0 atom stereocenters. The van der Waals surface area contributed by atoms with Gasteiger partial charge in [-0.05, 0) is 48.5 Å². The zero-order chi connectivity index (χ0) is 18.9. The summed E-state index contributed by atoms with van der Waals surface area (Å²) in [6.45, 7) is 0. The number of fused-ring (bicyclic) bond motifs is 1. The van der Waals surface area contributed by atoms with Crippen LogP contribution in [0.1, 0.15) is 5.56 Å². The predicted molar refractivity (Wildman–Crippen MR) is 94.3 cm³/mol. The molecule has 2 heterocycles. The van der Waals surface area contributed by atoms with Crippen LogP contribution in [0.2, 0.25) is 0 Å². The lowest BCUT2D eigenvalue weighted by molar-refractivity contribution is -0.137. The molecule has 0 radical (unpaired) electrons. The molecule has 0 aliphatic carbocycles. The van der Waals surface area contributed by atoms with Gasteiger partial charge < -0.3 is 4.74 Å². The summed E-state index contributed by atoms with van der Waals surface area (Å²) < 4.78 is 44.0. The molecule has 2 aromatic carbocycles. The molecule has 4 nitrogen and oxygen atoms in total. The molecule has 0 saturated carbocycles. The third kappa shape index (κ3) is 3.57. The summed E-state index contributed by atoms with van der Waals surface area (Å²) in [6, 6.07) is 15.3. The van der Waals surface area contributed by atoms with Gasteiger partial charge in [0.1, 0.15) is 5.75 Å². The molecule has 0 aliphatic rings. The molecule has 7 heteroatoms. The molecule has 0 amide bonds. The average Bonchev–Trinajstić information content (AvgIpc) is 2.68. The van der Waals surface area contributed by atoms with E-state index in [2.05, 4.69) is 15.0 Å². The largest absolute Gasteiger partial charge is 0.438 e. The number of hydrogen-bond acceptors (Lipinski definition) is 4. The van der Waals surface area contributed by atoms with Crippen LogP contribution in [0.5, 0.6) is 11.6 Å². The van der Waals surface area contributed by atoms with Crippen LogP contribution < -0.4 is 4.74 Å². The van der Waals surface area contributed by atoms with E-state index >= 15 is 0 Å². The molecule has 4 rings (SSSR count). The minimum absolute atomic E-state index is 0.257. The van der Waals surface area contributed by atoms with Crippen LogP contribution >= 0.6 is 0 Å². The van der Waals surface area contributed by atoms with Gasteiger partial charge in [-0.3, -0.25) is 4.98 Å². The number of pyridine rings is 1. The number of ether oxygens (including phenoxy) is 1. The predicted octanol–water partition coefficient (Wildman–Crippen LogP) is 5.50. The molecule has 0 spiro atoms. The second-order valence-electron chi connectivity index (χ2n) is 5.73. The van der Waals surface area contributed by atoms with Crippen molar-refractivity contribution in [3.8, 4) is 23.0 Å². The van der Waals surface area contributed by atoms with E-state index in [1.54, 1.807) is 30.6 Å². The summed E-state index contributed by atoms with van der Waals surface area (Å²) in [5.74, 6) is 0.970. The molecule has 2 aromatic heterocycles. The molecular weight excluding hydrogens is 355 g/mol. The highest BCUT2D eigenvalue weighted by Crippen LogP contribution is 2.33. The normalized spacial score (nSPS) is 11.5. The van der Waals surface area contributed by atoms with Crippen LogP contribution in [0.15, 0.2) is 73.1 Å². The lowest BCUT2D eigenvalue weighted by Crippen LogP contribution is -2.04. The second-order valence-corrected chi connectivity index (χ2v) is 5.73. The van der Waals surface area contributed by atoms with E-state index in [0.29, 0.717) is 16.7 Å². The van der Waals surface area contributed by atoms with Gasteiger partial charge in [-0.15, -0.1) is 0 Å². The number of benzene rings is 2. The van der Waals surface area contributed by atoms with Gasteiger partial charge >= 0.3 is 6.18 Å². The fraction of sp³-hybridized carbons (Fsp3) is 0.0500. The topological polar surface area (TPSA) is 47.9 Å². The molecular formula is C20H12F3N3O. The van der Waals surface area contributed by atoms with Crippen LogP contribution in [0.4, 0.5) is 13.2 Å². The average molecular weight is 367 g/mol. The number of halogens is 3. The Balaban J connectivity index is 1.76. The first-order chi connectivity index (χ1) is 13.0. The molecule has 0 N–H and O–H groups in total. The summed E-state index contributed by atoms with van der Waals surface area (Å²) in [7, 11) is 0. The first-order valence-electron chi connectivity index (χ1n) is 8.03. The maximum Gasteiger partial charge on any atom is 0.416 e. The first kappa shape index (κ1) is 17.0. The van der Waals surface area contributed by atoms with Crippen LogP contribution in [0, 0.1) is 0 Å². The molecule has 0 aliphatic heterocycles. The molecule has 4 aromatic rings. The van der Waals surface area contributed by atoms with Crippen molar-refractivity contribution in [2.24, 2.45) is 0 Å². The van der Waals surface area contributed by atoms with Crippen molar-refractivity contribution in [1.29, 1.82) is 0 Å². The Morgan fingerprint density at radius 1 is 0.778 bits per heavy atom. The lowest BCUT2D eigenvalue weighted by Gasteiger charge is -2.11. The number of nitrogens with zero attached hydrogens (tertiary/aromatic N) is 3. The Morgan fingerprint density at radius 3 is 2.19 bits per heavy atom. The van der Waals surface area contributed by atoms with E-state index in [4.69, 9.17) is 4.74 Å². The van der Waals surface area contributed by atoms with Crippen LogP contribution in [0.25, 0.3) is 22.3 Å². The highest BCUT2D eigenvalue weighted by molar-refractivity contribution is 5.85. The highest BCUT2D eigenvalue weighted by Gasteiger charge is 2.30. The van der Waals surface area contributed by atoms with E-state index in [9.17, 15) is 13.2 Å². The zero-order valence-corrected chi connectivity index (χ0v) is 13.8. The van der Waals surface area contributed by atoms with E-state index in [0.717, 1.165) is 17.7 Å². The van der Waals surface area contributed by atoms with Crippen molar-refractivity contribution in [3.63, 3.8) is 0 Å². The molecule has 0 unspecified atom stereocenters. The fourth-order valence-corrected chi connectivity index (χ4v) is 2.58. The third-order valence-corrected chi connectivity index (χ3v) is 3.90. The van der Waals surface area contributed by atoms with Gasteiger partial charge in [0, 0.05) is 18.0 Å². The van der Waals surface area contributed by atoms with Gasteiger partial charge in [0.2, 0.25) is 5.88 Å². The van der Waals surface area contributed by atoms with E-state index in [-0.39, 0.29) is 11.6 Å². The maximum absolute atomic E-state index is 12.7. The number of aromatic nitrogens is 3. The molecule has 134 valence electrons. The van der Waals surface area contributed by atoms with Gasteiger partial charge in [-0.1, -0.05) is 12.1 Å². The Labute approximate surface area is 152 Å². The Kier molecular flexibility index (Phi) is 4.19. The van der Waals surface area contributed by atoms with Crippen LogP contribution in [-0.4, -0.2) is 15.0 Å². The van der Waals surface area contributed by atoms with Gasteiger partial charge in [0.15, 0.2) is 5.82 Å². The van der Waals surface area contributed by atoms with Crippen molar-refractivity contribution in [3.05, 3.63) is 78.6 Å². The van der Waals surface area contributed by atoms with Crippen LogP contribution in [-0.2, 0) is 6.18 Å². The number of rotatable bonds is 3. The van der Waals surface area contributed by atoms with Gasteiger partial charge in [-0.25, -0.2) is 4.98 Å². The van der Waals surface area contributed by atoms with Crippen molar-refractivity contribution < 1.29 is 17.9 Å². The van der Waals surface area contributed by atoms with Crippen molar-refractivity contribution in [2.45, 2.75) is 6.18 Å². The smallest absolute Gasteiger partial charge is 0.416 e. The SMILES string of the molecule is FC(F)(F)c1ccc(Oc2nc(-c3ccncc3)nc3ccccc23)cc1. The van der Waals surface area contributed by atoms with Crippen LogP contribution in [0.3, 0.4) is 0 Å². The van der Waals surface area contributed by atoms with Gasteiger partial charge in [-0.2, -0.15) is 18.2 Å². The highest BCUT2D eigenvalue weighted by atomic mass is 19.4. The first-order valence-corrected chi connectivity index (χ1v) is 8.03. The molecule has 0 fully saturated rings. The minimum atomic E-state index is -4.39.